The lowest BCUT2D eigenvalue weighted by Crippen LogP contribution is -2.08. The Hall–Kier alpha value is -1.62. The lowest BCUT2D eigenvalue weighted by molar-refractivity contribution is 1.13. The molecule has 0 fully saturated rings. The highest BCUT2D eigenvalue weighted by molar-refractivity contribution is 9.10. The van der Waals surface area contributed by atoms with Crippen molar-refractivity contribution in [3.63, 3.8) is 0 Å². The first-order valence-electron chi connectivity index (χ1n) is 5.17. The summed E-state index contributed by atoms with van der Waals surface area (Å²) in [4.78, 5) is 10.2. The molecule has 0 spiro atoms. The molecule has 88 valence electrons. The SMILES string of the molecule is CN(C)c1ccc(Nc2cc(Br)ncn2)cc1. The first-order valence-corrected chi connectivity index (χ1v) is 5.96. The van der Waals surface area contributed by atoms with Crippen molar-refractivity contribution < 1.29 is 0 Å². The third kappa shape index (κ3) is 3.17. The molecule has 0 bridgehead atoms. The summed E-state index contributed by atoms with van der Waals surface area (Å²) < 4.78 is 0.764. The normalized spacial score (nSPS) is 10.1. The lowest BCUT2D eigenvalue weighted by atomic mass is 10.2. The average Bonchev–Trinajstić information content (AvgIpc) is 2.29. The smallest absolute Gasteiger partial charge is 0.134 e. The van der Waals surface area contributed by atoms with E-state index in [0.717, 1.165) is 16.1 Å². The van der Waals surface area contributed by atoms with Crippen LogP contribution in [0, 0.1) is 0 Å². The summed E-state index contributed by atoms with van der Waals surface area (Å²) in [7, 11) is 4.04. The number of hydrogen-bond acceptors (Lipinski definition) is 4. The predicted molar refractivity (Wildman–Crippen MR) is 73.8 cm³/mol. The third-order valence-electron chi connectivity index (χ3n) is 2.29. The number of nitrogens with one attached hydrogen (secondary N) is 1. The monoisotopic (exact) mass is 292 g/mol. The molecule has 0 saturated carbocycles. The number of anilines is 3. The fraction of sp³-hybridized carbons (Fsp3) is 0.167. The molecular formula is C12H13BrN4. The molecule has 0 aliphatic heterocycles. The summed E-state index contributed by atoms with van der Waals surface area (Å²) in [6.07, 6.45) is 1.51. The number of rotatable bonds is 3. The molecule has 0 atom stereocenters. The van der Waals surface area contributed by atoms with Gasteiger partial charge in [0.15, 0.2) is 0 Å². The molecule has 0 aliphatic carbocycles. The molecule has 5 heteroatoms. The fourth-order valence-corrected chi connectivity index (χ4v) is 1.70. The van der Waals surface area contributed by atoms with E-state index in [-0.39, 0.29) is 0 Å². The first-order chi connectivity index (χ1) is 8.15. The van der Waals surface area contributed by atoms with E-state index in [2.05, 4.69) is 48.2 Å². The van der Waals surface area contributed by atoms with Gasteiger partial charge in [-0.25, -0.2) is 9.97 Å². The highest BCUT2D eigenvalue weighted by atomic mass is 79.9. The van der Waals surface area contributed by atoms with E-state index in [9.17, 15) is 0 Å². The van der Waals surface area contributed by atoms with Gasteiger partial charge >= 0.3 is 0 Å². The standard InChI is InChI=1S/C12H13BrN4/c1-17(2)10-5-3-9(4-6-10)16-12-7-11(13)14-8-15-12/h3-8H,1-2H3,(H,14,15,16). The van der Waals surface area contributed by atoms with Crippen molar-refractivity contribution in [2.45, 2.75) is 0 Å². The zero-order valence-corrected chi connectivity index (χ0v) is 11.3. The van der Waals surface area contributed by atoms with E-state index in [1.807, 2.05) is 32.3 Å². The fourth-order valence-electron chi connectivity index (χ4n) is 1.39. The molecule has 1 N–H and O–H groups in total. The van der Waals surface area contributed by atoms with Crippen molar-refractivity contribution >= 4 is 33.1 Å². The molecule has 17 heavy (non-hydrogen) atoms. The van der Waals surface area contributed by atoms with E-state index in [1.165, 1.54) is 12.0 Å². The summed E-state index contributed by atoms with van der Waals surface area (Å²) >= 11 is 3.31. The van der Waals surface area contributed by atoms with Crippen LogP contribution >= 0.6 is 15.9 Å². The Labute approximate surface area is 109 Å². The lowest BCUT2D eigenvalue weighted by Gasteiger charge is -2.13. The molecule has 1 aromatic heterocycles. The molecule has 4 nitrogen and oxygen atoms in total. The predicted octanol–water partition coefficient (Wildman–Crippen LogP) is 3.05. The van der Waals surface area contributed by atoms with Gasteiger partial charge in [-0.2, -0.15) is 0 Å². The van der Waals surface area contributed by atoms with Crippen molar-refractivity contribution in [2.75, 3.05) is 24.3 Å². The summed E-state index contributed by atoms with van der Waals surface area (Å²) in [5.74, 6) is 0.768. The molecule has 0 aliphatic rings. The Morgan fingerprint density at radius 2 is 1.82 bits per heavy atom. The number of hydrogen-bond donors (Lipinski definition) is 1. The average molecular weight is 293 g/mol. The number of benzene rings is 1. The zero-order chi connectivity index (χ0) is 12.3. The maximum Gasteiger partial charge on any atom is 0.134 e. The van der Waals surface area contributed by atoms with Crippen LogP contribution in [-0.4, -0.2) is 24.1 Å². The van der Waals surface area contributed by atoms with Crippen molar-refractivity contribution in [3.8, 4) is 0 Å². The van der Waals surface area contributed by atoms with Crippen molar-refractivity contribution in [2.24, 2.45) is 0 Å². The van der Waals surface area contributed by atoms with Crippen molar-refractivity contribution in [3.05, 3.63) is 41.3 Å². The van der Waals surface area contributed by atoms with E-state index in [0.29, 0.717) is 0 Å². The van der Waals surface area contributed by atoms with Crippen LogP contribution in [0.15, 0.2) is 41.3 Å². The highest BCUT2D eigenvalue weighted by Crippen LogP contribution is 2.19. The summed E-state index contributed by atoms with van der Waals surface area (Å²) in [6.45, 7) is 0. The highest BCUT2D eigenvalue weighted by Gasteiger charge is 1.99. The maximum absolute atomic E-state index is 4.13. The topological polar surface area (TPSA) is 41.0 Å². The number of nitrogens with zero attached hydrogens (tertiary/aromatic N) is 3. The Morgan fingerprint density at radius 3 is 2.41 bits per heavy atom. The van der Waals surface area contributed by atoms with Gasteiger partial charge in [0.2, 0.25) is 0 Å². The molecule has 0 amide bonds. The number of aromatic nitrogens is 2. The van der Waals surface area contributed by atoms with Gasteiger partial charge in [0.25, 0.3) is 0 Å². The van der Waals surface area contributed by atoms with E-state index in [4.69, 9.17) is 0 Å². The molecule has 1 heterocycles. The van der Waals surface area contributed by atoms with Gasteiger partial charge in [0, 0.05) is 31.5 Å². The maximum atomic E-state index is 4.13. The molecular weight excluding hydrogens is 280 g/mol. The summed E-state index contributed by atoms with van der Waals surface area (Å²) in [5, 5.41) is 3.21. The molecule has 2 rings (SSSR count). The van der Waals surface area contributed by atoms with Crippen LogP contribution in [0.5, 0.6) is 0 Å². The second-order valence-corrected chi connectivity index (χ2v) is 4.60. The van der Waals surface area contributed by atoms with E-state index < -0.39 is 0 Å². The Balaban J connectivity index is 2.14. The summed E-state index contributed by atoms with van der Waals surface area (Å²) in [5.41, 5.74) is 2.17. The molecule has 1 aromatic carbocycles. The van der Waals surface area contributed by atoms with Gasteiger partial charge in [-0.1, -0.05) is 0 Å². The minimum atomic E-state index is 0.764. The zero-order valence-electron chi connectivity index (χ0n) is 9.68. The minimum absolute atomic E-state index is 0.764. The first kappa shape index (κ1) is 11.9. The van der Waals surface area contributed by atoms with Crippen LogP contribution in [-0.2, 0) is 0 Å². The van der Waals surface area contributed by atoms with Gasteiger partial charge < -0.3 is 10.2 Å². The van der Waals surface area contributed by atoms with Crippen LogP contribution in [0.2, 0.25) is 0 Å². The molecule has 2 aromatic rings. The van der Waals surface area contributed by atoms with Crippen LogP contribution in [0.1, 0.15) is 0 Å². The van der Waals surface area contributed by atoms with Gasteiger partial charge in [-0.05, 0) is 40.2 Å². The van der Waals surface area contributed by atoms with Crippen LogP contribution in [0.4, 0.5) is 17.2 Å². The molecule has 0 unspecified atom stereocenters. The Morgan fingerprint density at radius 1 is 1.12 bits per heavy atom. The second kappa shape index (κ2) is 5.14. The Bertz CT molecular complexity index is 496. The second-order valence-electron chi connectivity index (χ2n) is 3.79. The molecule has 0 saturated heterocycles. The van der Waals surface area contributed by atoms with E-state index in [1.54, 1.807) is 0 Å². The van der Waals surface area contributed by atoms with Gasteiger partial charge in [0.1, 0.15) is 16.7 Å². The van der Waals surface area contributed by atoms with Crippen molar-refractivity contribution in [1.82, 2.24) is 9.97 Å². The minimum Gasteiger partial charge on any atom is -0.378 e. The van der Waals surface area contributed by atoms with E-state index >= 15 is 0 Å². The van der Waals surface area contributed by atoms with Crippen LogP contribution in [0.3, 0.4) is 0 Å². The van der Waals surface area contributed by atoms with Gasteiger partial charge in [-0.3, -0.25) is 0 Å². The van der Waals surface area contributed by atoms with Crippen LogP contribution < -0.4 is 10.2 Å². The quantitative estimate of drug-likeness (QED) is 0.883. The largest absolute Gasteiger partial charge is 0.378 e. The Kier molecular flexibility index (Phi) is 3.58. The molecule has 0 radical (unpaired) electrons. The van der Waals surface area contributed by atoms with Gasteiger partial charge in [-0.15, -0.1) is 0 Å². The summed E-state index contributed by atoms with van der Waals surface area (Å²) in [6, 6.07) is 9.98. The third-order valence-corrected chi connectivity index (χ3v) is 2.72. The van der Waals surface area contributed by atoms with Crippen LogP contribution in [0.25, 0.3) is 0 Å². The van der Waals surface area contributed by atoms with Crippen molar-refractivity contribution in [1.29, 1.82) is 0 Å². The van der Waals surface area contributed by atoms with Gasteiger partial charge in [0.05, 0.1) is 0 Å². The number of halogens is 1.